The van der Waals surface area contributed by atoms with Gasteiger partial charge < -0.3 is 5.32 Å². The lowest BCUT2D eigenvalue weighted by molar-refractivity contribution is 0.479. The van der Waals surface area contributed by atoms with Gasteiger partial charge in [-0.3, -0.25) is 0 Å². The van der Waals surface area contributed by atoms with Crippen LogP contribution in [-0.4, -0.2) is 16.3 Å². The summed E-state index contributed by atoms with van der Waals surface area (Å²) in [5.74, 6) is 1.09. The van der Waals surface area contributed by atoms with E-state index in [4.69, 9.17) is 0 Å². The smallest absolute Gasteiger partial charge is 0.139 e. The van der Waals surface area contributed by atoms with Crippen LogP contribution in [0.25, 0.3) is 0 Å². The van der Waals surface area contributed by atoms with Crippen molar-refractivity contribution in [3.8, 4) is 0 Å². The second-order valence-electron chi connectivity index (χ2n) is 4.88. The fourth-order valence-corrected chi connectivity index (χ4v) is 3.01. The third-order valence-electron chi connectivity index (χ3n) is 3.55. The zero-order chi connectivity index (χ0) is 12.7. The molecule has 0 saturated carbocycles. The summed E-state index contributed by atoms with van der Waals surface area (Å²) in [7, 11) is 0. The molecule has 3 rings (SSSR count). The monoisotopic (exact) mass is 305 g/mol. The minimum Gasteiger partial charge on any atom is -0.369 e. The van der Waals surface area contributed by atoms with Crippen LogP contribution >= 0.6 is 15.9 Å². The highest BCUT2D eigenvalue weighted by Gasteiger charge is 2.24. The molecule has 18 heavy (non-hydrogen) atoms. The van der Waals surface area contributed by atoms with Crippen LogP contribution in [0.1, 0.15) is 29.2 Å². The first-order valence-corrected chi connectivity index (χ1v) is 7.00. The number of aromatic nitrogens is 2. The topological polar surface area (TPSA) is 29.9 Å². The molecule has 1 N–H and O–H groups in total. The molecule has 0 amide bonds. The number of halogens is 1. The number of rotatable bonds is 1. The summed E-state index contributed by atoms with van der Waals surface area (Å²) in [4.78, 5) is 0. The molecule has 1 aliphatic heterocycles. The van der Waals surface area contributed by atoms with Gasteiger partial charge in [-0.1, -0.05) is 23.8 Å². The number of aryl methyl sites for hydroxylation is 2. The predicted molar refractivity (Wildman–Crippen MR) is 77.1 cm³/mol. The Morgan fingerprint density at radius 2 is 2.22 bits per heavy atom. The SMILES string of the molecule is Cc1ccc(C)c(C2CCNc3c(Br)cnn32)c1. The number of hydrogen-bond acceptors (Lipinski definition) is 2. The fourth-order valence-electron chi connectivity index (χ4n) is 2.60. The van der Waals surface area contributed by atoms with Gasteiger partial charge in [-0.05, 0) is 47.3 Å². The first-order chi connectivity index (χ1) is 8.66. The van der Waals surface area contributed by atoms with Gasteiger partial charge in [-0.25, -0.2) is 4.68 Å². The molecule has 94 valence electrons. The Morgan fingerprint density at radius 3 is 3.06 bits per heavy atom. The van der Waals surface area contributed by atoms with E-state index in [-0.39, 0.29) is 0 Å². The van der Waals surface area contributed by atoms with Crippen LogP contribution < -0.4 is 5.32 Å². The average Bonchev–Trinajstić information content (AvgIpc) is 2.75. The van der Waals surface area contributed by atoms with Crippen molar-refractivity contribution in [2.45, 2.75) is 26.3 Å². The van der Waals surface area contributed by atoms with E-state index in [0.29, 0.717) is 6.04 Å². The van der Waals surface area contributed by atoms with Gasteiger partial charge in [0, 0.05) is 6.54 Å². The van der Waals surface area contributed by atoms with Crippen molar-refractivity contribution >= 4 is 21.7 Å². The standard InChI is InChI=1S/C14H16BrN3/c1-9-3-4-10(2)11(7-9)13-5-6-16-14-12(15)8-17-18(13)14/h3-4,7-8,13,16H,5-6H2,1-2H3. The van der Waals surface area contributed by atoms with Crippen molar-refractivity contribution in [3.63, 3.8) is 0 Å². The van der Waals surface area contributed by atoms with E-state index in [0.717, 1.165) is 23.3 Å². The Labute approximate surface area is 115 Å². The molecule has 0 bridgehead atoms. The van der Waals surface area contributed by atoms with Crippen LogP contribution in [0.2, 0.25) is 0 Å². The molecule has 0 fully saturated rings. The van der Waals surface area contributed by atoms with Gasteiger partial charge in [0.05, 0.1) is 16.7 Å². The van der Waals surface area contributed by atoms with E-state index in [1.807, 2.05) is 6.20 Å². The van der Waals surface area contributed by atoms with Crippen LogP contribution in [0.15, 0.2) is 28.9 Å². The quantitative estimate of drug-likeness (QED) is 0.871. The van der Waals surface area contributed by atoms with Gasteiger partial charge in [0.25, 0.3) is 0 Å². The molecule has 1 unspecified atom stereocenters. The summed E-state index contributed by atoms with van der Waals surface area (Å²) < 4.78 is 3.13. The summed E-state index contributed by atoms with van der Waals surface area (Å²) in [6.45, 7) is 5.31. The third-order valence-corrected chi connectivity index (χ3v) is 4.13. The molecular weight excluding hydrogens is 290 g/mol. The summed E-state index contributed by atoms with van der Waals surface area (Å²) in [5.41, 5.74) is 4.03. The van der Waals surface area contributed by atoms with Gasteiger partial charge in [-0.15, -0.1) is 0 Å². The van der Waals surface area contributed by atoms with E-state index < -0.39 is 0 Å². The molecule has 1 aliphatic rings. The van der Waals surface area contributed by atoms with Crippen molar-refractivity contribution < 1.29 is 0 Å². The Morgan fingerprint density at radius 1 is 1.39 bits per heavy atom. The lowest BCUT2D eigenvalue weighted by atomic mass is 9.96. The molecule has 1 atom stereocenters. The van der Waals surface area contributed by atoms with E-state index in [9.17, 15) is 0 Å². The van der Waals surface area contributed by atoms with Gasteiger partial charge in [0.1, 0.15) is 5.82 Å². The Hall–Kier alpha value is -1.29. The van der Waals surface area contributed by atoms with Gasteiger partial charge in [-0.2, -0.15) is 5.10 Å². The molecule has 4 heteroatoms. The maximum Gasteiger partial charge on any atom is 0.139 e. The molecule has 0 saturated heterocycles. The Bertz CT molecular complexity index is 589. The summed E-state index contributed by atoms with van der Waals surface area (Å²) in [6.07, 6.45) is 2.94. The van der Waals surface area contributed by atoms with Gasteiger partial charge in [0.15, 0.2) is 0 Å². The Balaban J connectivity index is 2.11. The number of nitrogens with zero attached hydrogens (tertiary/aromatic N) is 2. The largest absolute Gasteiger partial charge is 0.369 e. The fraction of sp³-hybridized carbons (Fsp3) is 0.357. The molecule has 1 aromatic heterocycles. The number of benzene rings is 1. The predicted octanol–water partition coefficient (Wildman–Crippen LogP) is 3.67. The number of nitrogens with one attached hydrogen (secondary N) is 1. The molecule has 2 aromatic rings. The van der Waals surface area contributed by atoms with Crippen molar-refractivity contribution in [2.75, 3.05) is 11.9 Å². The third kappa shape index (κ3) is 1.85. The van der Waals surface area contributed by atoms with Crippen molar-refractivity contribution in [3.05, 3.63) is 45.6 Å². The first kappa shape index (κ1) is 11.8. The normalized spacial score (nSPS) is 18.3. The molecule has 0 spiro atoms. The number of fused-ring (bicyclic) bond motifs is 1. The lowest BCUT2D eigenvalue weighted by Crippen LogP contribution is -2.25. The molecule has 1 aromatic carbocycles. The van der Waals surface area contributed by atoms with Crippen LogP contribution in [0.5, 0.6) is 0 Å². The maximum absolute atomic E-state index is 4.49. The van der Waals surface area contributed by atoms with Crippen LogP contribution in [0, 0.1) is 13.8 Å². The van der Waals surface area contributed by atoms with Crippen LogP contribution in [-0.2, 0) is 0 Å². The van der Waals surface area contributed by atoms with Crippen molar-refractivity contribution in [2.24, 2.45) is 0 Å². The summed E-state index contributed by atoms with van der Waals surface area (Å²) in [6, 6.07) is 6.99. The highest BCUT2D eigenvalue weighted by Crippen LogP contribution is 2.34. The average molecular weight is 306 g/mol. The van der Waals surface area contributed by atoms with Crippen molar-refractivity contribution in [1.29, 1.82) is 0 Å². The van der Waals surface area contributed by atoms with Gasteiger partial charge >= 0.3 is 0 Å². The minimum atomic E-state index is 0.340. The van der Waals surface area contributed by atoms with Crippen molar-refractivity contribution in [1.82, 2.24) is 9.78 Å². The molecule has 0 aliphatic carbocycles. The van der Waals surface area contributed by atoms with E-state index in [1.165, 1.54) is 16.7 Å². The molecule has 0 radical (unpaired) electrons. The number of hydrogen-bond donors (Lipinski definition) is 1. The zero-order valence-electron chi connectivity index (χ0n) is 10.6. The lowest BCUT2D eigenvalue weighted by Gasteiger charge is -2.27. The summed E-state index contributed by atoms with van der Waals surface area (Å²) >= 11 is 3.54. The van der Waals surface area contributed by atoms with Crippen LogP contribution in [0.3, 0.4) is 0 Å². The van der Waals surface area contributed by atoms with E-state index >= 15 is 0 Å². The second kappa shape index (κ2) is 4.43. The molecule has 2 heterocycles. The molecule has 3 nitrogen and oxygen atoms in total. The van der Waals surface area contributed by atoms with Crippen LogP contribution in [0.4, 0.5) is 5.82 Å². The second-order valence-corrected chi connectivity index (χ2v) is 5.73. The first-order valence-electron chi connectivity index (χ1n) is 6.21. The minimum absolute atomic E-state index is 0.340. The highest BCUT2D eigenvalue weighted by atomic mass is 79.9. The van der Waals surface area contributed by atoms with E-state index in [1.54, 1.807) is 0 Å². The molecular formula is C14H16BrN3. The Kier molecular flexibility index (Phi) is 2.90. The highest BCUT2D eigenvalue weighted by molar-refractivity contribution is 9.10. The van der Waals surface area contributed by atoms with Gasteiger partial charge in [0.2, 0.25) is 0 Å². The maximum atomic E-state index is 4.49. The summed E-state index contributed by atoms with van der Waals surface area (Å²) in [5, 5.41) is 7.89. The number of anilines is 1. The van der Waals surface area contributed by atoms with E-state index in [2.05, 4.69) is 63.1 Å². The zero-order valence-corrected chi connectivity index (χ0v) is 12.2.